The molecule has 4 nitrogen and oxygen atoms in total. The summed E-state index contributed by atoms with van der Waals surface area (Å²) in [7, 11) is 1.69. The van der Waals surface area contributed by atoms with Crippen LogP contribution < -0.4 is 9.47 Å². The number of hydrogen-bond acceptors (Lipinski definition) is 4. The first kappa shape index (κ1) is 21.5. The minimum Gasteiger partial charge on any atom is -0.496 e. The van der Waals surface area contributed by atoms with Gasteiger partial charge in [-0.15, -0.1) is 0 Å². The van der Waals surface area contributed by atoms with E-state index >= 15 is 0 Å². The zero-order valence-corrected chi connectivity index (χ0v) is 17.7. The van der Waals surface area contributed by atoms with Crippen molar-refractivity contribution in [2.45, 2.75) is 46.6 Å². The van der Waals surface area contributed by atoms with Gasteiger partial charge in [0.15, 0.2) is 0 Å². The normalized spacial score (nSPS) is 12.8. The standard InChI is InChI=1S/C24H30O4/c1-15(2)24(25)28-18(5)14-27-23-11-9-21(13-17(23)4)19(6)20-8-10-22(26-7)16(3)12-20/h8-13,18-19H,1,14H2,2-7H3. The molecule has 0 aliphatic heterocycles. The number of carbonyl (C=O) groups excluding carboxylic acids is 1. The van der Waals surface area contributed by atoms with Crippen LogP contribution in [0.15, 0.2) is 48.6 Å². The van der Waals surface area contributed by atoms with Crippen LogP contribution in [0.5, 0.6) is 11.5 Å². The molecule has 2 aromatic carbocycles. The van der Waals surface area contributed by atoms with Gasteiger partial charge in [-0.3, -0.25) is 0 Å². The highest BCUT2D eigenvalue weighted by Crippen LogP contribution is 2.31. The van der Waals surface area contributed by atoms with Crippen LogP contribution in [0.4, 0.5) is 0 Å². The van der Waals surface area contributed by atoms with Gasteiger partial charge in [0, 0.05) is 11.5 Å². The van der Waals surface area contributed by atoms with Gasteiger partial charge in [0.25, 0.3) is 0 Å². The lowest BCUT2D eigenvalue weighted by atomic mass is 9.91. The first-order chi connectivity index (χ1) is 13.2. The summed E-state index contributed by atoms with van der Waals surface area (Å²) in [5.41, 5.74) is 5.02. The molecule has 0 aliphatic rings. The molecule has 2 aromatic rings. The molecule has 0 saturated carbocycles. The maximum absolute atomic E-state index is 11.6. The van der Waals surface area contributed by atoms with E-state index in [1.54, 1.807) is 21.0 Å². The van der Waals surface area contributed by atoms with Crippen LogP contribution in [-0.2, 0) is 9.53 Å². The Bertz CT molecular complexity index is 854. The minimum atomic E-state index is -0.397. The van der Waals surface area contributed by atoms with Crippen LogP contribution in [0, 0.1) is 13.8 Å². The van der Waals surface area contributed by atoms with Gasteiger partial charge in [0.1, 0.15) is 24.2 Å². The Morgan fingerprint density at radius 3 is 2.00 bits per heavy atom. The topological polar surface area (TPSA) is 44.8 Å². The number of aryl methyl sites for hydroxylation is 2. The first-order valence-electron chi connectivity index (χ1n) is 9.47. The van der Waals surface area contributed by atoms with E-state index in [2.05, 4.69) is 44.7 Å². The van der Waals surface area contributed by atoms with E-state index in [9.17, 15) is 4.79 Å². The Morgan fingerprint density at radius 2 is 1.54 bits per heavy atom. The fourth-order valence-electron chi connectivity index (χ4n) is 2.99. The van der Waals surface area contributed by atoms with Crippen LogP contribution in [0.3, 0.4) is 0 Å². The fraction of sp³-hybridized carbons (Fsp3) is 0.375. The Kier molecular flexibility index (Phi) is 7.27. The zero-order chi connectivity index (χ0) is 20.8. The van der Waals surface area contributed by atoms with Crippen molar-refractivity contribution >= 4 is 5.97 Å². The summed E-state index contributed by atoms with van der Waals surface area (Å²) in [4.78, 5) is 11.6. The predicted molar refractivity (Wildman–Crippen MR) is 112 cm³/mol. The number of methoxy groups -OCH3 is 1. The second-order valence-corrected chi connectivity index (χ2v) is 7.28. The highest BCUT2D eigenvalue weighted by molar-refractivity contribution is 5.87. The SMILES string of the molecule is C=C(C)C(=O)OC(C)COc1ccc(C(C)c2ccc(OC)c(C)c2)cc1C. The van der Waals surface area contributed by atoms with Crippen molar-refractivity contribution in [1.29, 1.82) is 0 Å². The second kappa shape index (κ2) is 9.45. The molecule has 0 radical (unpaired) electrons. The molecule has 0 amide bonds. The van der Waals surface area contributed by atoms with Crippen molar-refractivity contribution in [3.05, 3.63) is 70.8 Å². The Hall–Kier alpha value is -2.75. The van der Waals surface area contributed by atoms with Crippen molar-refractivity contribution < 1.29 is 19.0 Å². The maximum atomic E-state index is 11.6. The van der Waals surface area contributed by atoms with Gasteiger partial charge in [-0.05, 0) is 62.1 Å². The fourth-order valence-corrected chi connectivity index (χ4v) is 2.99. The monoisotopic (exact) mass is 382 g/mol. The molecule has 2 rings (SSSR count). The summed E-state index contributed by atoms with van der Waals surface area (Å²) >= 11 is 0. The molecule has 2 atom stereocenters. The van der Waals surface area contributed by atoms with Gasteiger partial charge in [-0.2, -0.15) is 0 Å². The van der Waals surface area contributed by atoms with E-state index in [-0.39, 0.29) is 12.0 Å². The number of benzene rings is 2. The van der Waals surface area contributed by atoms with Crippen molar-refractivity contribution in [3.8, 4) is 11.5 Å². The highest BCUT2D eigenvalue weighted by atomic mass is 16.6. The Balaban J connectivity index is 2.06. The van der Waals surface area contributed by atoms with Gasteiger partial charge in [0.2, 0.25) is 0 Å². The van der Waals surface area contributed by atoms with Crippen LogP contribution in [0.2, 0.25) is 0 Å². The minimum absolute atomic E-state index is 0.257. The van der Waals surface area contributed by atoms with Crippen molar-refractivity contribution in [1.82, 2.24) is 0 Å². The first-order valence-corrected chi connectivity index (χ1v) is 9.47. The number of ether oxygens (including phenoxy) is 3. The average Bonchev–Trinajstić information content (AvgIpc) is 2.66. The Labute approximate surface area is 168 Å². The van der Waals surface area contributed by atoms with E-state index in [1.165, 1.54) is 11.1 Å². The molecule has 0 fully saturated rings. The molecule has 0 bridgehead atoms. The number of esters is 1. The summed E-state index contributed by atoms with van der Waals surface area (Å²) in [5, 5.41) is 0. The van der Waals surface area contributed by atoms with Crippen LogP contribution in [0.1, 0.15) is 48.9 Å². The molecule has 0 heterocycles. The van der Waals surface area contributed by atoms with Gasteiger partial charge < -0.3 is 14.2 Å². The quantitative estimate of drug-likeness (QED) is 0.456. The molecule has 0 aliphatic carbocycles. The number of hydrogen-bond donors (Lipinski definition) is 0. The van der Waals surface area contributed by atoms with Crippen LogP contribution in [-0.4, -0.2) is 25.8 Å². The summed E-state index contributed by atoms with van der Waals surface area (Å²) in [6.45, 7) is 13.6. The number of carbonyl (C=O) groups is 1. The molecular formula is C24H30O4. The molecule has 28 heavy (non-hydrogen) atoms. The molecule has 0 aromatic heterocycles. The summed E-state index contributed by atoms with van der Waals surface area (Å²) in [6.07, 6.45) is -0.343. The molecule has 0 spiro atoms. The number of rotatable bonds is 8. The molecule has 150 valence electrons. The third-order valence-electron chi connectivity index (χ3n) is 4.75. The average molecular weight is 383 g/mol. The van der Waals surface area contributed by atoms with Gasteiger partial charge in [-0.1, -0.05) is 37.8 Å². The van der Waals surface area contributed by atoms with Crippen LogP contribution in [0.25, 0.3) is 0 Å². The van der Waals surface area contributed by atoms with E-state index < -0.39 is 5.97 Å². The predicted octanol–water partition coefficient (Wildman–Crippen LogP) is 5.35. The second-order valence-electron chi connectivity index (χ2n) is 7.28. The largest absolute Gasteiger partial charge is 0.496 e. The zero-order valence-electron chi connectivity index (χ0n) is 17.7. The highest BCUT2D eigenvalue weighted by Gasteiger charge is 2.14. The lowest BCUT2D eigenvalue weighted by Crippen LogP contribution is -2.22. The lowest BCUT2D eigenvalue weighted by molar-refractivity contribution is -0.144. The molecule has 4 heteroatoms. The molecule has 0 N–H and O–H groups in total. The van der Waals surface area contributed by atoms with E-state index in [0.717, 1.165) is 22.6 Å². The summed E-state index contributed by atoms with van der Waals surface area (Å²) < 4.78 is 16.4. The third kappa shape index (κ3) is 5.38. The van der Waals surface area contributed by atoms with Crippen molar-refractivity contribution in [3.63, 3.8) is 0 Å². The van der Waals surface area contributed by atoms with Crippen LogP contribution >= 0.6 is 0 Å². The maximum Gasteiger partial charge on any atom is 0.333 e. The van der Waals surface area contributed by atoms with Crippen molar-refractivity contribution in [2.24, 2.45) is 0 Å². The van der Waals surface area contributed by atoms with Gasteiger partial charge in [0.05, 0.1) is 7.11 Å². The smallest absolute Gasteiger partial charge is 0.333 e. The molecule has 0 saturated heterocycles. The van der Waals surface area contributed by atoms with E-state index in [0.29, 0.717) is 12.2 Å². The van der Waals surface area contributed by atoms with Crippen molar-refractivity contribution in [2.75, 3.05) is 13.7 Å². The molecular weight excluding hydrogens is 352 g/mol. The lowest BCUT2D eigenvalue weighted by Gasteiger charge is -2.18. The van der Waals surface area contributed by atoms with E-state index in [4.69, 9.17) is 14.2 Å². The van der Waals surface area contributed by atoms with Gasteiger partial charge in [-0.25, -0.2) is 4.79 Å². The van der Waals surface area contributed by atoms with Gasteiger partial charge >= 0.3 is 5.97 Å². The van der Waals surface area contributed by atoms with E-state index in [1.807, 2.05) is 19.1 Å². The summed E-state index contributed by atoms with van der Waals surface area (Å²) in [5.74, 6) is 1.55. The summed E-state index contributed by atoms with van der Waals surface area (Å²) in [6, 6.07) is 12.5. The molecule has 2 unspecified atom stereocenters. The Morgan fingerprint density at radius 1 is 1.00 bits per heavy atom. The third-order valence-corrected chi connectivity index (χ3v) is 4.75.